The van der Waals surface area contributed by atoms with E-state index in [1.165, 1.54) is 22.3 Å². The molecule has 0 aliphatic rings. The molecular formula is C14H24N2O. The van der Waals surface area contributed by atoms with E-state index in [9.17, 15) is 0 Å². The van der Waals surface area contributed by atoms with Gasteiger partial charge in [0.2, 0.25) is 0 Å². The van der Waals surface area contributed by atoms with Crippen LogP contribution in [0.25, 0.3) is 0 Å². The first kappa shape index (κ1) is 14.0. The summed E-state index contributed by atoms with van der Waals surface area (Å²) in [6.45, 7) is 8.26. The van der Waals surface area contributed by atoms with Gasteiger partial charge in [-0.05, 0) is 56.5 Å². The summed E-state index contributed by atoms with van der Waals surface area (Å²) in [5, 5.41) is 6.41. The highest BCUT2D eigenvalue weighted by Crippen LogP contribution is 2.28. The van der Waals surface area contributed by atoms with Crippen LogP contribution in [0, 0.1) is 20.8 Å². The zero-order chi connectivity index (χ0) is 12.8. The summed E-state index contributed by atoms with van der Waals surface area (Å²) in [5.41, 5.74) is 5.23. The molecule has 0 saturated heterocycles. The number of methoxy groups -OCH3 is 1. The summed E-state index contributed by atoms with van der Waals surface area (Å²) in [6, 6.07) is 2.24. The molecule has 3 heteroatoms. The van der Waals surface area contributed by atoms with Gasteiger partial charge in [0.05, 0.1) is 7.11 Å². The first-order chi connectivity index (χ1) is 8.11. The SMILES string of the molecule is CNCNCCc1cc(C)c(OC)c(C)c1C. The van der Waals surface area contributed by atoms with Crippen LogP contribution in [0.5, 0.6) is 5.75 Å². The fourth-order valence-corrected chi connectivity index (χ4v) is 2.15. The summed E-state index contributed by atoms with van der Waals surface area (Å²) < 4.78 is 5.43. The van der Waals surface area contributed by atoms with E-state index in [2.05, 4.69) is 37.5 Å². The lowest BCUT2D eigenvalue weighted by molar-refractivity contribution is 0.408. The maximum atomic E-state index is 5.43. The molecule has 1 aromatic carbocycles. The summed E-state index contributed by atoms with van der Waals surface area (Å²) >= 11 is 0. The molecule has 96 valence electrons. The third kappa shape index (κ3) is 3.45. The molecule has 0 bridgehead atoms. The van der Waals surface area contributed by atoms with Crippen molar-refractivity contribution in [1.29, 1.82) is 0 Å². The van der Waals surface area contributed by atoms with Gasteiger partial charge < -0.3 is 15.4 Å². The summed E-state index contributed by atoms with van der Waals surface area (Å²) in [7, 11) is 3.68. The van der Waals surface area contributed by atoms with Crippen molar-refractivity contribution in [3.8, 4) is 5.75 Å². The molecule has 0 saturated carbocycles. The maximum Gasteiger partial charge on any atom is 0.124 e. The molecule has 0 aliphatic heterocycles. The van der Waals surface area contributed by atoms with Crippen molar-refractivity contribution in [2.24, 2.45) is 0 Å². The van der Waals surface area contributed by atoms with Gasteiger partial charge in [0.1, 0.15) is 5.75 Å². The molecular weight excluding hydrogens is 212 g/mol. The highest BCUT2D eigenvalue weighted by atomic mass is 16.5. The molecule has 0 unspecified atom stereocenters. The van der Waals surface area contributed by atoms with Crippen LogP contribution in [0.1, 0.15) is 22.3 Å². The first-order valence-electron chi connectivity index (χ1n) is 6.10. The molecule has 0 spiro atoms. The largest absolute Gasteiger partial charge is 0.496 e. The predicted octanol–water partition coefficient (Wildman–Crippen LogP) is 1.93. The van der Waals surface area contributed by atoms with Crippen LogP contribution in [0.2, 0.25) is 0 Å². The molecule has 2 N–H and O–H groups in total. The van der Waals surface area contributed by atoms with E-state index in [1.807, 2.05) is 7.05 Å². The van der Waals surface area contributed by atoms with Crippen LogP contribution < -0.4 is 15.4 Å². The van der Waals surface area contributed by atoms with Gasteiger partial charge in [-0.1, -0.05) is 6.07 Å². The Morgan fingerprint density at radius 3 is 2.47 bits per heavy atom. The third-order valence-corrected chi connectivity index (χ3v) is 3.21. The number of rotatable bonds is 6. The van der Waals surface area contributed by atoms with E-state index in [1.54, 1.807) is 7.11 Å². The second-order valence-corrected chi connectivity index (χ2v) is 4.42. The Labute approximate surface area is 105 Å². The topological polar surface area (TPSA) is 33.3 Å². The van der Waals surface area contributed by atoms with E-state index in [-0.39, 0.29) is 0 Å². The second-order valence-electron chi connectivity index (χ2n) is 4.42. The van der Waals surface area contributed by atoms with Gasteiger partial charge in [-0.3, -0.25) is 0 Å². The zero-order valence-corrected chi connectivity index (χ0v) is 11.6. The Balaban J connectivity index is 2.80. The highest BCUT2D eigenvalue weighted by Gasteiger charge is 2.09. The number of hydrogen-bond acceptors (Lipinski definition) is 3. The molecule has 0 radical (unpaired) electrons. The van der Waals surface area contributed by atoms with Crippen LogP contribution >= 0.6 is 0 Å². The number of nitrogens with one attached hydrogen (secondary N) is 2. The Morgan fingerprint density at radius 2 is 1.88 bits per heavy atom. The van der Waals surface area contributed by atoms with E-state index in [0.717, 1.165) is 25.4 Å². The van der Waals surface area contributed by atoms with E-state index < -0.39 is 0 Å². The summed E-state index contributed by atoms with van der Waals surface area (Å²) in [6.07, 6.45) is 1.05. The molecule has 0 amide bonds. The van der Waals surface area contributed by atoms with Crippen LogP contribution in [0.15, 0.2) is 6.07 Å². The second kappa shape index (κ2) is 6.62. The van der Waals surface area contributed by atoms with E-state index in [4.69, 9.17) is 4.74 Å². The molecule has 0 aliphatic carbocycles. The lowest BCUT2D eigenvalue weighted by atomic mass is 9.96. The Kier molecular flexibility index (Phi) is 5.45. The van der Waals surface area contributed by atoms with Crippen LogP contribution in [0.3, 0.4) is 0 Å². The fraction of sp³-hybridized carbons (Fsp3) is 0.571. The fourth-order valence-electron chi connectivity index (χ4n) is 2.15. The first-order valence-corrected chi connectivity index (χ1v) is 6.10. The van der Waals surface area contributed by atoms with Crippen molar-refractivity contribution < 1.29 is 4.74 Å². The van der Waals surface area contributed by atoms with Gasteiger partial charge >= 0.3 is 0 Å². The zero-order valence-electron chi connectivity index (χ0n) is 11.6. The van der Waals surface area contributed by atoms with E-state index in [0.29, 0.717) is 0 Å². The summed E-state index contributed by atoms with van der Waals surface area (Å²) in [4.78, 5) is 0. The molecule has 0 aromatic heterocycles. The van der Waals surface area contributed by atoms with Crippen molar-refractivity contribution in [1.82, 2.24) is 10.6 Å². The quantitative estimate of drug-likeness (QED) is 0.585. The maximum absolute atomic E-state index is 5.43. The van der Waals surface area contributed by atoms with Crippen LogP contribution in [0.4, 0.5) is 0 Å². The number of aryl methyl sites for hydroxylation is 1. The number of benzene rings is 1. The minimum atomic E-state index is 0.854. The van der Waals surface area contributed by atoms with Crippen molar-refractivity contribution in [2.45, 2.75) is 27.2 Å². The Hall–Kier alpha value is -1.06. The average Bonchev–Trinajstić information content (AvgIpc) is 2.31. The smallest absolute Gasteiger partial charge is 0.124 e. The van der Waals surface area contributed by atoms with Gasteiger partial charge in [-0.2, -0.15) is 0 Å². The van der Waals surface area contributed by atoms with Gasteiger partial charge in [0.15, 0.2) is 0 Å². The molecule has 0 fully saturated rings. The molecule has 0 atom stereocenters. The average molecular weight is 236 g/mol. The van der Waals surface area contributed by atoms with Crippen LogP contribution in [-0.2, 0) is 6.42 Å². The number of ether oxygens (including phenoxy) is 1. The minimum absolute atomic E-state index is 0.854. The van der Waals surface area contributed by atoms with Gasteiger partial charge in [0.25, 0.3) is 0 Å². The minimum Gasteiger partial charge on any atom is -0.496 e. The van der Waals surface area contributed by atoms with Crippen molar-refractivity contribution in [3.05, 3.63) is 28.3 Å². The lowest BCUT2D eigenvalue weighted by Gasteiger charge is -2.15. The molecule has 17 heavy (non-hydrogen) atoms. The Morgan fingerprint density at radius 1 is 1.18 bits per heavy atom. The van der Waals surface area contributed by atoms with Gasteiger partial charge in [-0.25, -0.2) is 0 Å². The van der Waals surface area contributed by atoms with Gasteiger partial charge in [0, 0.05) is 13.2 Å². The van der Waals surface area contributed by atoms with Crippen LogP contribution in [-0.4, -0.2) is 27.4 Å². The normalized spacial score (nSPS) is 10.6. The molecule has 1 rings (SSSR count). The van der Waals surface area contributed by atoms with Gasteiger partial charge in [-0.15, -0.1) is 0 Å². The predicted molar refractivity (Wildman–Crippen MR) is 72.8 cm³/mol. The third-order valence-electron chi connectivity index (χ3n) is 3.21. The molecule has 3 nitrogen and oxygen atoms in total. The van der Waals surface area contributed by atoms with E-state index >= 15 is 0 Å². The molecule has 0 heterocycles. The van der Waals surface area contributed by atoms with Crippen molar-refractivity contribution in [3.63, 3.8) is 0 Å². The number of hydrogen-bond donors (Lipinski definition) is 2. The monoisotopic (exact) mass is 236 g/mol. The summed E-state index contributed by atoms with van der Waals surface area (Å²) in [5.74, 6) is 1.02. The van der Waals surface area contributed by atoms with Crippen molar-refractivity contribution in [2.75, 3.05) is 27.4 Å². The lowest BCUT2D eigenvalue weighted by Crippen LogP contribution is -2.27. The van der Waals surface area contributed by atoms with Crippen molar-refractivity contribution >= 4 is 0 Å². The molecule has 1 aromatic rings. The standard InChI is InChI=1S/C14H24N2O/c1-10-8-13(6-7-16-9-15-4)11(2)12(3)14(10)17-5/h8,15-16H,6-7,9H2,1-5H3. The highest BCUT2D eigenvalue weighted by molar-refractivity contribution is 5.49. The Bertz CT molecular complexity index is 375.